The lowest BCUT2D eigenvalue weighted by molar-refractivity contribution is 0.0696. The van der Waals surface area contributed by atoms with Gasteiger partial charge >= 0.3 is 5.97 Å². The summed E-state index contributed by atoms with van der Waals surface area (Å²) in [5.74, 6) is -2.38. The molecule has 0 aliphatic heterocycles. The van der Waals surface area contributed by atoms with Crippen LogP contribution in [0, 0.1) is 13.8 Å². The van der Waals surface area contributed by atoms with Crippen molar-refractivity contribution in [3.05, 3.63) is 28.8 Å². The van der Waals surface area contributed by atoms with Gasteiger partial charge in [0.25, 0.3) is 0 Å². The Morgan fingerprint density at radius 3 is 2.14 bits per heavy atom. The average Bonchev–Trinajstić information content (AvgIpc) is 2.39. The Morgan fingerprint density at radius 1 is 1.10 bits per heavy atom. The molecule has 0 unspecified atom stereocenters. The van der Waals surface area contributed by atoms with Crippen LogP contribution in [0.25, 0.3) is 0 Å². The highest BCUT2D eigenvalue weighted by atomic mass is 32.2. The molecule has 1 N–H and O–H groups in total. The molecular weight excluding hydrogens is 316 g/mol. The number of aryl methyl sites for hydroxylation is 1. The predicted molar refractivity (Wildman–Crippen MR) is 79.3 cm³/mol. The summed E-state index contributed by atoms with van der Waals surface area (Å²) in [6.45, 7) is 4.63. The maximum atomic E-state index is 12.3. The smallest absolute Gasteiger partial charge is 0.335 e. The second-order valence-corrected chi connectivity index (χ2v) is 9.33. The molecule has 0 aliphatic rings. The molecule has 0 aliphatic carbocycles. The molecule has 0 aromatic heterocycles. The molecule has 0 radical (unpaired) electrons. The number of hydrogen-bond acceptors (Lipinski definition) is 5. The average molecular weight is 334 g/mol. The molecule has 6 nitrogen and oxygen atoms in total. The quantitative estimate of drug-likeness (QED) is 0.838. The van der Waals surface area contributed by atoms with Crippen molar-refractivity contribution in [3.8, 4) is 0 Å². The third-order valence-corrected chi connectivity index (χ3v) is 7.10. The Balaban J connectivity index is 3.28. The second kappa shape index (κ2) is 6.15. The van der Waals surface area contributed by atoms with Gasteiger partial charge < -0.3 is 5.11 Å². The van der Waals surface area contributed by atoms with Gasteiger partial charge in [-0.1, -0.05) is 6.92 Å². The van der Waals surface area contributed by atoms with Crippen LogP contribution in [0.1, 0.15) is 28.4 Å². The molecule has 118 valence electrons. The van der Waals surface area contributed by atoms with Gasteiger partial charge in [-0.05, 0) is 37.1 Å². The number of carboxylic acid groups (broad SMARTS) is 1. The summed E-state index contributed by atoms with van der Waals surface area (Å²) in [6, 6.07) is 2.47. The number of sulfone groups is 2. The number of rotatable bonds is 6. The van der Waals surface area contributed by atoms with E-state index in [9.17, 15) is 21.6 Å². The van der Waals surface area contributed by atoms with Crippen LogP contribution in [0.5, 0.6) is 0 Å². The first-order valence-electron chi connectivity index (χ1n) is 6.28. The number of benzene rings is 1. The minimum Gasteiger partial charge on any atom is -0.478 e. The molecule has 8 heteroatoms. The topological polar surface area (TPSA) is 106 Å². The Kier molecular flexibility index (Phi) is 5.16. The first-order chi connectivity index (χ1) is 9.50. The first-order valence-corrected chi connectivity index (χ1v) is 9.75. The molecule has 0 bridgehead atoms. The summed E-state index contributed by atoms with van der Waals surface area (Å²) in [5, 5.41) is 9.00. The van der Waals surface area contributed by atoms with Crippen molar-refractivity contribution in [2.45, 2.75) is 25.7 Å². The highest BCUT2D eigenvalue weighted by Crippen LogP contribution is 2.22. The van der Waals surface area contributed by atoms with E-state index in [2.05, 4.69) is 0 Å². The molecule has 1 rings (SSSR count). The molecule has 21 heavy (non-hydrogen) atoms. The summed E-state index contributed by atoms with van der Waals surface area (Å²) in [4.78, 5) is 10.9. The fourth-order valence-electron chi connectivity index (χ4n) is 1.76. The lowest BCUT2D eigenvalue weighted by Gasteiger charge is -2.11. The molecule has 0 spiro atoms. The van der Waals surface area contributed by atoms with E-state index in [-0.39, 0.29) is 16.2 Å². The van der Waals surface area contributed by atoms with E-state index in [0.29, 0.717) is 11.1 Å². The van der Waals surface area contributed by atoms with Crippen LogP contribution in [0.15, 0.2) is 17.0 Å². The van der Waals surface area contributed by atoms with Gasteiger partial charge in [0.15, 0.2) is 19.7 Å². The summed E-state index contributed by atoms with van der Waals surface area (Å²) in [7, 11) is -7.26. The standard InChI is InChI=1S/C13H18O6S2/c1-4-20(16,17)5-6-21(18,19)12-8-11(13(14)15)7-9(2)10(12)3/h7-8H,4-6H2,1-3H3,(H,14,15). The van der Waals surface area contributed by atoms with Crippen molar-refractivity contribution in [1.29, 1.82) is 0 Å². The summed E-state index contributed by atoms with van der Waals surface area (Å²) < 4.78 is 47.5. The van der Waals surface area contributed by atoms with Crippen molar-refractivity contribution in [2.24, 2.45) is 0 Å². The monoisotopic (exact) mass is 334 g/mol. The van der Waals surface area contributed by atoms with Crippen LogP contribution in [-0.4, -0.2) is 45.2 Å². The van der Waals surface area contributed by atoms with E-state index in [4.69, 9.17) is 5.11 Å². The van der Waals surface area contributed by atoms with Crippen molar-refractivity contribution >= 4 is 25.6 Å². The van der Waals surface area contributed by atoms with Gasteiger partial charge in [0.05, 0.1) is 22.0 Å². The lowest BCUT2D eigenvalue weighted by Crippen LogP contribution is -2.20. The van der Waals surface area contributed by atoms with Gasteiger partial charge in [0.2, 0.25) is 0 Å². The molecule has 0 atom stereocenters. The van der Waals surface area contributed by atoms with E-state index in [1.165, 1.54) is 13.0 Å². The molecule has 0 saturated heterocycles. The molecule has 0 heterocycles. The number of carboxylic acids is 1. The van der Waals surface area contributed by atoms with E-state index in [1.54, 1.807) is 13.8 Å². The maximum absolute atomic E-state index is 12.3. The van der Waals surface area contributed by atoms with Gasteiger partial charge in [-0.3, -0.25) is 0 Å². The van der Waals surface area contributed by atoms with Crippen LogP contribution in [0.2, 0.25) is 0 Å². The SMILES string of the molecule is CCS(=O)(=O)CCS(=O)(=O)c1cc(C(=O)O)cc(C)c1C. The third kappa shape index (κ3) is 4.28. The van der Waals surface area contributed by atoms with Gasteiger partial charge in [0.1, 0.15) is 0 Å². The van der Waals surface area contributed by atoms with Crippen LogP contribution in [0.3, 0.4) is 0 Å². The Hall–Kier alpha value is -1.41. The Labute approximate surface area is 124 Å². The van der Waals surface area contributed by atoms with Gasteiger partial charge in [-0.25, -0.2) is 21.6 Å². The minimum atomic E-state index is -3.86. The molecule has 0 saturated carbocycles. The molecule has 1 aromatic carbocycles. The van der Waals surface area contributed by atoms with Crippen molar-refractivity contribution in [3.63, 3.8) is 0 Å². The van der Waals surface area contributed by atoms with E-state index >= 15 is 0 Å². The van der Waals surface area contributed by atoms with E-state index in [1.807, 2.05) is 0 Å². The van der Waals surface area contributed by atoms with Crippen LogP contribution in [-0.2, 0) is 19.7 Å². The van der Waals surface area contributed by atoms with Crippen molar-refractivity contribution in [2.75, 3.05) is 17.3 Å². The highest BCUT2D eigenvalue weighted by Gasteiger charge is 2.23. The first kappa shape index (κ1) is 17.6. The number of hydrogen-bond donors (Lipinski definition) is 1. The lowest BCUT2D eigenvalue weighted by atomic mass is 10.1. The maximum Gasteiger partial charge on any atom is 0.335 e. The zero-order chi connectivity index (χ0) is 16.4. The van der Waals surface area contributed by atoms with E-state index < -0.39 is 37.1 Å². The van der Waals surface area contributed by atoms with Crippen LogP contribution in [0.4, 0.5) is 0 Å². The molecule has 0 fully saturated rings. The largest absolute Gasteiger partial charge is 0.478 e. The van der Waals surface area contributed by atoms with E-state index in [0.717, 1.165) is 6.07 Å². The second-order valence-electron chi connectivity index (χ2n) is 4.78. The van der Waals surface area contributed by atoms with Crippen LogP contribution < -0.4 is 0 Å². The number of aromatic carboxylic acids is 1. The fraction of sp³-hybridized carbons (Fsp3) is 0.462. The third-order valence-electron chi connectivity index (χ3n) is 3.30. The summed E-state index contributed by atoms with van der Waals surface area (Å²) >= 11 is 0. The molecule has 0 amide bonds. The van der Waals surface area contributed by atoms with Gasteiger partial charge in [0, 0.05) is 5.75 Å². The van der Waals surface area contributed by atoms with Crippen LogP contribution >= 0.6 is 0 Å². The summed E-state index contributed by atoms with van der Waals surface area (Å²) in [6.07, 6.45) is 0. The normalized spacial score (nSPS) is 12.3. The number of carbonyl (C=O) groups is 1. The molecule has 1 aromatic rings. The molecular formula is C13H18O6S2. The van der Waals surface area contributed by atoms with Gasteiger partial charge in [-0.15, -0.1) is 0 Å². The summed E-state index contributed by atoms with van der Waals surface area (Å²) in [5.41, 5.74) is 0.843. The highest BCUT2D eigenvalue weighted by molar-refractivity contribution is 7.95. The Morgan fingerprint density at radius 2 is 1.67 bits per heavy atom. The fourth-order valence-corrected chi connectivity index (χ4v) is 5.10. The minimum absolute atomic E-state index is 0.119. The zero-order valence-corrected chi connectivity index (χ0v) is 13.7. The van der Waals surface area contributed by atoms with Crippen molar-refractivity contribution < 1.29 is 26.7 Å². The van der Waals surface area contributed by atoms with Gasteiger partial charge in [-0.2, -0.15) is 0 Å². The Bertz CT molecular complexity index is 760. The predicted octanol–water partition coefficient (Wildman–Crippen LogP) is 1.21. The van der Waals surface area contributed by atoms with Crippen molar-refractivity contribution in [1.82, 2.24) is 0 Å². The zero-order valence-electron chi connectivity index (χ0n) is 12.1.